The van der Waals surface area contributed by atoms with Crippen molar-refractivity contribution in [3.63, 3.8) is 0 Å². The number of Topliss-reactive ketones (excluding diaryl/α,β-unsaturated/α-hetero) is 1. The molecule has 0 saturated carbocycles. The number of nitrogens with one attached hydrogen (secondary N) is 1. The molecule has 1 unspecified atom stereocenters. The van der Waals surface area contributed by atoms with Gasteiger partial charge in [0.05, 0.1) is 6.54 Å². The first-order chi connectivity index (χ1) is 16.0. The molecule has 0 aliphatic carbocycles. The van der Waals surface area contributed by atoms with Gasteiger partial charge < -0.3 is 24.6 Å². The lowest BCUT2D eigenvalue weighted by molar-refractivity contribution is -0.116. The molecule has 3 rings (SSSR count). The van der Waals surface area contributed by atoms with Crippen LogP contribution in [0.5, 0.6) is 17.2 Å². The fraction of sp³-hybridized carbons (Fsp3) is 0.269. The number of aliphatic hydroxyl groups excluding tert-OH is 1. The second-order valence-electron chi connectivity index (χ2n) is 7.58. The lowest BCUT2D eigenvalue weighted by Crippen LogP contribution is -2.33. The van der Waals surface area contributed by atoms with Crippen LogP contribution in [-0.4, -0.2) is 36.7 Å². The minimum Gasteiger partial charge on any atom is -0.488 e. The summed E-state index contributed by atoms with van der Waals surface area (Å²) in [5.74, 6) is -0.149. The van der Waals surface area contributed by atoms with Gasteiger partial charge in [0, 0.05) is 18.7 Å². The Morgan fingerprint density at radius 2 is 1.42 bits per heavy atom. The normalized spacial score (nSPS) is 11.6. The third-order valence-corrected chi connectivity index (χ3v) is 4.66. The van der Waals surface area contributed by atoms with Gasteiger partial charge in [0.25, 0.3) is 0 Å². The number of benzene rings is 3. The van der Waals surface area contributed by atoms with Crippen molar-refractivity contribution in [1.82, 2.24) is 5.32 Å². The van der Waals surface area contributed by atoms with Gasteiger partial charge in [-0.15, -0.1) is 0 Å². The molecule has 0 radical (unpaired) electrons. The van der Waals surface area contributed by atoms with Crippen molar-refractivity contribution in [1.29, 1.82) is 0 Å². The van der Waals surface area contributed by atoms with Crippen LogP contribution in [0.1, 0.15) is 18.1 Å². The maximum absolute atomic E-state index is 14.7. The van der Waals surface area contributed by atoms with Crippen molar-refractivity contribution in [2.24, 2.45) is 0 Å². The Morgan fingerprint density at radius 3 is 1.97 bits per heavy atom. The van der Waals surface area contributed by atoms with Crippen LogP contribution in [0.2, 0.25) is 0 Å². The van der Waals surface area contributed by atoms with Gasteiger partial charge in [-0.3, -0.25) is 4.79 Å². The molecule has 0 aliphatic heterocycles. The highest BCUT2D eigenvalue weighted by Crippen LogP contribution is 2.35. The monoisotopic (exact) mass is 453 g/mol. The van der Waals surface area contributed by atoms with Crippen LogP contribution in [0, 0.1) is 5.82 Å². The number of halogens is 1. The molecule has 0 bridgehead atoms. The summed E-state index contributed by atoms with van der Waals surface area (Å²) in [4.78, 5) is 11.0. The minimum atomic E-state index is -0.911. The molecule has 1 atom stereocenters. The Kier molecular flexibility index (Phi) is 9.23. The molecule has 33 heavy (non-hydrogen) atoms. The Labute approximate surface area is 192 Å². The Balaban J connectivity index is 1.70. The molecule has 2 N–H and O–H groups in total. The van der Waals surface area contributed by atoms with Crippen molar-refractivity contribution >= 4 is 5.78 Å². The van der Waals surface area contributed by atoms with Crippen molar-refractivity contribution in [2.45, 2.75) is 26.2 Å². The first-order valence-corrected chi connectivity index (χ1v) is 10.7. The molecule has 0 spiro atoms. The molecule has 3 aromatic rings. The zero-order valence-corrected chi connectivity index (χ0v) is 18.5. The zero-order chi connectivity index (χ0) is 23.5. The molecular weight excluding hydrogens is 425 g/mol. The number of carbonyl (C=O) groups is 1. The van der Waals surface area contributed by atoms with Gasteiger partial charge in [0.2, 0.25) is 0 Å². The summed E-state index contributed by atoms with van der Waals surface area (Å²) in [5.41, 5.74) is 1.89. The van der Waals surface area contributed by atoms with Gasteiger partial charge in [-0.1, -0.05) is 60.7 Å². The molecular formula is C26H28FNO5. The smallest absolute Gasteiger partial charge is 0.169 e. The minimum absolute atomic E-state index is 0.0412. The Bertz CT molecular complexity index is 1010. The van der Waals surface area contributed by atoms with Crippen LogP contribution in [0.3, 0.4) is 0 Å². The summed E-state index contributed by atoms with van der Waals surface area (Å²) >= 11 is 0. The van der Waals surface area contributed by atoms with E-state index >= 15 is 0 Å². The molecule has 6 nitrogen and oxygen atoms in total. The van der Waals surface area contributed by atoms with E-state index in [2.05, 4.69) is 5.32 Å². The van der Waals surface area contributed by atoms with E-state index in [1.807, 2.05) is 60.7 Å². The first kappa shape index (κ1) is 24.2. The SMILES string of the molecule is CC(=O)CNCC(O)COc1cc(OCc2ccccc2)c(OCc2ccccc2)cc1F. The van der Waals surface area contributed by atoms with E-state index in [1.165, 1.54) is 19.1 Å². The van der Waals surface area contributed by atoms with Gasteiger partial charge in [-0.25, -0.2) is 4.39 Å². The molecule has 0 aliphatic rings. The second kappa shape index (κ2) is 12.6. The standard InChI is InChI=1S/C26H28FNO5/c1-19(29)14-28-15-22(30)18-33-24-13-26(32-17-21-10-6-3-7-11-21)25(12-23(24)27)31-16-20-8-4-2-5-9-20/h2-13,22,28,30H,14-18H2,1H3. The van der Waals surface area contributed by atoms with Gasteiger partial charge in [-0.05, 0) is 18.1 Å². The van der Waals surface area contributed by atoms with Gasteiger partial charge in [-0.2, -0.15) is 0 Å². The van der Waals surface area contributed by atoms with Crippen LogP contribution < -0.4 is 19.5 Å². The first-order valence-electron chi connectivity index (χ1n) is 10.7. The molecule has 7 heteroatoms. The maximum atomic E-state index is 14.7. The van der Waals surface area contributed by atoms with E-state index in [1.54, 1.807) is 0 Å². The van der Waals surface area contributed by atoms with Crippen LogP contribution in [0.15, 0.2) is 72.8 Å². The molecule has 0 heterocycles. The second-order valence-corrected chi connectivity index (χ2v) is 7.58. The van der Waals surface area contributed by atoms with E-state index < -0.39 is 11.9 Å². The third-order valence-electron chi connectivity index (χ3n) is 4.66. The van der Waals surface area contributed by atoms with Crippen molar-refractivity contribution in [3.8, 4) is 17.2 Å². The van der Waals surface area contributed by atoms with Crippen LogP contribution >= 0.6 is 0 Å². The number of rotatable bonds is 13. The van der Waals surface area contributed by atoms with Gasteiger partial charge in [0.15, 0.2) is 23.1 Å². The maximum Gasteiger partial charge on any atom is 0.169 e. The Morgan fingerprint density at radius 1 is 0.879 bits per heavy atom. The number of hydrogen-bond donors (Lipinski definition) is 2. The van der Waals surface area contributed by atoms with Crippen molar-refractivity contribution in [3.05, 3.63) is 89.7 Å². The number of aliphatic hydroxyl groups is 1. The van der Waals surface area contributed by atoms with Crippen LogP contribution in [0.25, 0.3) is 0 Å². The van der Waals surface area contributed by atoms with Crippen LogP contribution in [-0.2, 0) is 18.0 Å². The fourth-order valence-corrected chi connectivity index (χ4v) is 2.98. The molecule has 0 saturated heterocycles. The van der Waals surface area contributed by atoms with Crippen LogP contribution in [0.4, 0.5) is 4.39 Å². The Hall–Kier alpha value is -3.42. The number of hydrogen-bond acceptors (Lipinski definition) is 6. The molecule has 0 amide bonds. The van der Waals surface area contributed by atoms with Gasteiger partial charge in [0.1, 0.15) is 31.7 Å². The van der Waals surface area contributed by atoms with E-state index in [9.17, 15) is 14.3 Å². The average molecular weight is 454 g/mol. The van der Waals surface area contributed by atoms with Crippen molar-refractivity contribution < 1.29 is 28.5 Å². The topological polar surface area (TPSA) is 77.0 Å². The van der Waals surface area contributed by atoms with E-state index in [4.69, 9.17) is 14.2 Å². The molecule has 0 fully saturated rings. The zero-order valence-electron chi connectivity index (χ0n) is 18.5. The highest BCUT2D eigenvalue weighted by atomic mass is 19.1. The van der Waals surface area contributed by atoms with Gasteiger partial charge >= 0.3 is 0 Å². The molecule has 0 aromatic heterocycles. The third kappa shape index (κ3) is 8.21. The van der Waals surface area contributed by atoms with E-state index in [0.717, 1.165) is 11.1 Å². The predicted molar refractivity (Wildman–Crippen MR) is 123 cm³/mol. The fourth-order valence-electron chi connectivity index (χ4n) is 2.98. The van der Waals surface area contributed by atoms with Crippen molar-refractivity contribution in [2.75, 3.05) is 19.7 Å². The molecule has 174 valence electrons. The largest absolute Gasteiger partial charge is 0.488 e. The lowest BCUT2D eigenvalue weighted by Gasteiger charge is -2.17. The van der Waals surface area contributed by atoms with E-state index in [-0.39, 0.29) is 50.2 Å². The number of carbonyl (C=O) groups excluding carboxylic acids is 1. The summed E-state index contributed by atoms with van der Waals surface area (Å²) < 4.78 is 32.0. The summed E-state index contributed by atoms with van der Waals surface area (Å²) in [6.45, 7) is 2.12. The summed E-state index contributed by atoms with van der Waals surface area (Å²) in [7, 11) is 0. The number of ether oxygens (including phenoxy) is 3. The van der Waals surface area contributed by atoms with E-state index in [0.29, 0.717) is 5.75 Å². The summed E-state index contributed by atoms with van der Waals surface area (Å²) in [6.07, 6.45) is -0.911. The highest BCUT2D eigenvalue weighted by molar-refractivity contribution is 5.77. The summed E-state index contributed by atoms with van der Waals surface area (Å²) in [5, 5.41) is 12.8. The lowest BCUT2D eigenvalue weighted by atomic mass is 10.2. The quantitative estimate of drug-likeness (QED) is 0.409. The molecule has 3 aromatic carbocycles. The predicted octanol–water partition coefficient (Wildman–Crippen LogP) is 3.90. The highest BCUT2D eigenvalue weighted by Gasteiger charge is 2.16. The summed E-state index contributed by atoms with van der Waals surface area (Å²) in [6, 6.07) is 21.8. The average Bonchev–Trinajstić information content (AvgIpc) is 2.82. The number of ketones is 1.